The third-order valence-electron chi connectivity index (χ3n) is 5.74. The summed E-state index contributed by atoms with van der Waals surface area (Å²) in [4.78, 5) is 28.0. The summed E-state index contributed by atoms with van der Waals surface area (Å²) in [5.41, 5.74) is 3.92. The quantitative estimate of drug-likeness (QED) is 0.789. The number of ketones is 1. The van der Waals surface area contributed by atoms with Gasteiger partial charge >= 0.3 is 0 Å². The van der Waals surface area contributed by atoms with Gasteiger partial charge in [0, 0.05) is 29.3 Å². The summed E-state index contributed by atoms with van der Waals surface area (Å²) >= 11 is 0. The van der Waals surface area contributed by atoms with Crippen LogP contribution in [0.1, 0.15) is 36.3 Å². The maximum Gasteiger partial charge on any atom is 0.249 e. The number of ether oxygens (including phenoxy) is 1. The van der Waals surface area contributed by atoms with E-state index in [2.05, 4.69) is 6.07 Å². The standard InChI is InChI=1S/C24H22N2O3/c1-15-6-10-17(11-7-15)26-20-4-3-5-21(27)23(20)22(19(14-25)24(26)28)16-8-12-18(29-2)13-9-16/h6-13,19,22H,3-5H2,1-2H3/t19-,22+/m1/s1. The van der Waals surface area contributed by atoms with Crippen molar-refractivity contribution in [3.8, 4) is 11.8 Å². The molecular formula is C24H22N2O3. The molecule has 2 aromatic rings. The molecule has 0 unspecified atom stereocenters. The fourth-order valence-electron chi connectivity index (χ4n) is 4.29. The summed E-state index contributed by atoms with van der Waals surface area (Å²) in [6, 6.07) is 17.1. The highest BCUT2D eigenvalue weighted by atomic mass is 16.5. The zero-order chi connectivity index (χ0) is 20.5. The number of anilines is 1. The van der Waals surface area contributed by atoms with Crippen molar-refractivity contribution < 1.29 is 14.3 Å². The van der Waals surface area contributed by atoms with Crippen LogP contribution in [0.4, 0.5) is 5.69 Å². The second kappa shape index (κ2) is 7.56. The van der Waals surface area contributed by atoms with E-state index < -0.39 is 11.8 Å². The molecule has 2 aromatic carbocycles. The van der Waals surface area contributed by atoms with E-state index in [-0.39, 0.29) is 11.7 Å². The van der Waals surface area contributed by atoms with E-state index in [9.17, 15) is 14.9 Å². The Morgan fingerprint density at radius 1 is 1.03 bits per heavy atom. The van der Waals surface area contributed by atoms with Crippen molar-refractivity contribution in [3.63, 3.8) is 0 Å². The van der Waals surface area contributed by atoms with Crippen molar-refractivity contribution in [1.29, 1.82) is 5.26 Å². The third kappa shape index (κ3) is 3.21. The van der Waals surface area contributed by atoms with Crippen LogP contribution in [-0.2, 0) is 9.59 Å². The number of nitriles is 1. The number of methoxy groups -OCH3 is 1. The summed E-state index contributed by atoms with van der Waals surface area (Å²) in [6.07, 6.45) is 1.80. The molecule has 0 saturated carbocycles. The lowest BCUT2D eigenvalue weighted by molar-refractivity contribution is -0.122. The second-order valence-corrected chi connectivity index (χ2v) is 7.50. The average molecular weight is 386 g/mol. The zero-order valence-corrected chi connectivity index (χ0v) is 16.5. The van der Waals surface area contributed by atoms with E-state index in [1.165, 1.54) is 0 Å². The van der Waals surface area contributed by atoms with E-state index in [0.29, 0.717) is 36.3 Å². The van der Waals surface area contributed by atoms with E-state index in [0.717, 1.165) is 16.8 Å². The van der Waals surface area contributed by atoms with Gasteiger partial charge in [-0.05, 0) is 49.6 Å². The minimum Gasteiger partial charge on any atom is -0.497 e. The van der Waals surface area contributed by atoms with E-state index >= 15 is 0 Å². The zero-order valence-electron chi connectivity index (χ0n) is 16.5. The predicted molar refractivity (Wildman–Crippen MR) is 109 cm³/mol. The molecule has 29 heavy (non-hydrogen) atoms. The van der Waals surface area contributed by atoms with Crippen molar-refractivity contribution >= 4 is 17.4 Å². The molecule has 5 heteroatoms. The average Bonchev–Trinajstić information content (AvgIpc) is 2.74. The molecule has 0 spiro atoms. The second-order valence-electron chi connectivity index (χ2n) is 7.50. The van der Waals surface area contributed by atoms with Crippen LogP contribution in [-0.4, -0.2) is 18.8 Å². The Bertz CT molecular complexity index is 1030. The van der Waals surface area contributed by atoms with Crippen LogP contribution in [0.3, 0.4) is 0 Å². The molecule has 0 bridgehead atoms. The minimum absolute atomic E-state index is 0.0249. The van der Waals surface area contributed by atoms with Crippen LogP contribution < -0.4 is 9.64 Å². The number of hydrogen-bond donors (Lipinski definition) is 0. The minimum atomic E-state index is -0.953. The summed E-state index contributed by atoms with van der Waals surface area (Å²) in [5, 5.41) is 9.92. The van der Waals surface area contributed by atoms with Crippen molar-refractivity contribution in [2.75, 3.05) is 12.0 Å². The molecule has 2 atom stereocenters. The number of benzene rings is 2. The molecule has 1 aliphatic heterocycles. The van der Waals surface area contributed by atoms with Crippen LogP contribution in [0.15, 0.2) is 59.8 Å². The molecule has 0 saturated heterocycles. The highest BCUT2D eigenvalue weighted by Gasteiger charge is 2.46. The number of rotatable bonds is 3. The van der Waals surface area contributed by atoms with Crippen molar-refractivity contribution in [1.82, 2.24) is 0 Å². The molecule has 0 N–H and O–H groups in total. The van der Waals surface area contributed by atoms with Gasteiger partial charge in [0.2, 0.25) is 5.91 Å². The fraction of sp³-hybridized carbons (Fsp3) is 0.292. The van der Waals surface area contributed by atoms with E-state index in [1.807, 2.05) is 43.3 Å². The Morgan fingerprint density at radius 3 is 2.34 bits per heavy atom. The fourth-order valence-corrected chi connectivity index (χ4v) is 4.29. The molecule has 2 aliphatic rings. The number of amides is 1. The Kier molecular flexibility index (Phi) is 4.94. The van der Waals surface area contributed by atoms with Gasteiger partial charge in [-0.1, -0.05) is 29.8 Å². The SMILES string of the molecule is COc1ccc([C@@H]2C3=C(CCCC3=O)N(c3ccc(C)cc3)C(=O)[C@@H]2C#N)cc1. The van der Waals surface area contributed by atoms with Gasteiger partial charge in [0.05, 0.1) is 13.2 Å². The van der Waals surface area contributed by atoms with Gasteiger partial charge in [-0.15, -0.1) is 0 Å². The highest BCUT2D eigenvalue weighted by molar-refractivity contribution is 6.09. The molecular weight excluding hydrogens is 364 g/mol. The topological polar surface area (TPSA) is 70.4 Å². The summed E-state index contributed by atoms with van der Waals surface area (Å²) in [6.45, 7) is 1.98. The number of nitrogens with zero attached hydrogens (tertiary/aromatic N) is 2. The molecule has 0 fully saturated rings. The number of carbonyl (C=O) groups excluding carboxylic acids is 2. The van der Waals surface area contributed by atoms with Crippen LogP contribution in [0.25, 0.3) is 0 Å². The first kappa shape index (κ1) is 18.9. The van der Waals surface area contributed by atoms with Crippen molar-refractivity contribution in [2.24, 2.45) is 5.92 Å². The van der Waals surface area contributed by atoms with Gasteiger partial charge in [-0.25, -0.2) is 0 Å². The molecule has 0 aromatic heterocycles. The smallest absolute Gasteiger partial charge is 0.249 e. The van der Waals surface area contributed by atoms with Crippen LogP contribution in [0.5, 0.6) is 5.75 Å². The molecule has 0 radical (unpaired) electrons. The van der Waals surface area contributed by atoms with Gasteiger partial charge in [0.1, 0.15) is 11.7 Å². The number of carbonyl (C=O) groups is 2. The van der Waals surface area contributed by atoms with Crippen LogP contribution in [0.2, 0.25) is 0 Å². The van der Waals surface area contributed by atoms with E-state index in [4.69, 9.17) is 4.74 Å². The first-order valence-corrected chi connectivity index (χ1v) is 9.75. The number of Topliss-reactive ketones (excluding diaryl/α,β-unsaturated/α-hetero) is 1. The van der Waals surface area contributed by atoms with Crippen molar-refractivity contribution in [2.45, 2.75) is 32.1 Å². The number of aryl methyl sites for hydroxylation is 1. The van der Waals surface area contributed by atoms with E-state index in [1.54, 1.807) is 24.1 Å². The largest absolute Gasteiger partial charge is 0.497 e. The molecule has 5 nitrogen and oxygen atoms in total. The molecule has 4 rings (SSSR count). The lowest BCUT2D eigenvalue weighted by atomic mass is 9.72. The summed E-state index contributed by atoms with van der Waals surface area (Å²) in [5.74, 6) is -1.06. The maximum absolute atomic E-state index is 13.4. The number of allylic oxidation sites excluding steroid dienone is 2. The maximum atomic E-state index is 13.4. The lowest BCUT2D eigenvalue weighted by Gasteiger charge is -2.40. The van der Waals surface area contributed by atoms with Crippen LogP contribution >= 0.6 is 0 Å². The Hall–Kier alpha value is -3.39. The van der Waals surface area contributed by atoms with Crippen LogP contribution in [0, 0.1) is 24.2 Å². The Balaban J connectivity index is 1.90. The molecule has 1 aliphatic carbocycles. The summed E-state index contributed by atoms with van der Waals surface area (Å²) in [7, 11) is 1.59. The van der Waals surface area contributed by atoms with Gasteiger partial charge in [-0.2, -0.15) is 5.26 Å². The first-order chi connectivity index (χ1) is 14.0. The van der Waals surface area contributed by atoms with Gasteiger partial charge < -0.3 is 4.74 Å². The lowest BCUT2D eigenvalue weighted by Crippen LogP contribution is -2.46. The first-order valence-electron chi connectivity index (χ1n) is 9.75. The monoisotopic (exact) mass is 386 g/mol. The Morgan fingerprint density at radius 2 is 1.72 bits per heavy atom. The van der Waals surface area contributed by atoms with Gasteiger partial charge in [0.25, 0.3) is 0 Å². The molecule has 1 heterocycles. The van der Waals surface area contributed by atoms with Crippen molar-refractivity contribution in [3.05, 3.63) is 70.9 Å². The summed E-state index contributed by atoms with van der Waals surface area (Å²) < 4.78 is 5.22. The highest BCUT2D eigenvalue weighted by Crippen LogP contribution is 2.46. The normalized spacial score (nSPS) is 21.6. The molecule has 1 amide bonds. The Labute approximate surface area is 170 Å². The number of hydrogen-bond acceptors (Lipinski definition) is 4. The predicted octanol–water partition coefficient (Wildman–Crippen LogP) is 4.28. The van der Waals surface area contributed by atoms with Gasteiger partial charge in [0.15, 0.2) is 5.78 Å². The molecule has 146 valence electrons. The third-order valence-corrected chi connectivity index (χ3v) is 5.74. The van der Waals surface area contributed by atoms with Gasteiger partial charge in [-0.3, -0.25) is 14.5 Å².